The van der Waals surface area contributed by atoms with E-state index in [9.17, 15) is 13.2 Å². The molecule has 2 aliphatic heterocycles. The van der Waals surface area contributed by atoms with Crippen LogP contribution < -0.4 is 0 Å². The summed E-state index contributed by atoms with van der Waals surface area (Å²) in [5.41, 5.74) is 1.11. The molecule has 6 nitrogen and oxygen atoms in total. The third kappa shape index (κ3) is 4.30. The van der Waals surface area contributed by atoms with Gasteiger partial charge in [0.15, 0.2) is 0 Å². The van der Waals surface area contributed by atoms with Gasteiger partial charge in [-0.15, -0.1) is 0 Å². The van der Waals surface area contributed by atoms with Gasteiger partial charge >= 0.3 is 6.03 Å². The fourth-order valence-electron chi connectivity index (χ4n) is 4.07. The van der Waals surface area contributed by atoms with Crippen molar-refractivity contribution in [2.45, 2.75) is 30.3 Å². The normalized spacial score (nSPS) is 18.9. The van der Waals surface area contributed by atoms with Crippen molar-refractivity contribution in [2.75, 3.05) is 26.2 Å². The summed E-state index contributed by atoms with van der Waals surface area (Å²) in [5, 5.41) is 0.538. The lowest BCUT2D eigenvalue weighted by atomic mass is 10.1. The summed E-state index contributed by atoms with van der Waals surface area (Å²) in [5.74, 6) is 0. The molecule has 4 rings (SSSR count). The zero-order valence-corrected chi connectivity index (χ0v) is 18.7. The van der Waals surface area contributed by atoms with Crippen molar-refractivity contribution in [1.29, 1.82) is 0 Å². The van der Waals surface area contributed by atoms with Gasteiger partial charge in [0.25, 0.3) is 0 Å². The highest BCUT2D eigenvalue weighted by molar-refractivity contribution is 7.89. The fraction of sp³-hybridized carbons (Fsp3) is 0.381. The van der Waals surface area contributed by atoms with E-state index >= 15 is 0 Å². The van der Waals surface area contributed by atoms with E-state index in [1.54, 1.807) is 0 Å². The molecule has 0 aromatic heterocycles. The van der Waals surface area contributed by atoms with Crippen LogP contribution in [0, 0.1) is 0 Å². The average molecular weight is 468 g/mol. The van der Waals surface area contributed by atoms with Crippen LogP contribution in [-0.4, -0.2) is 60.8 Å². The summed E-state index contributed by atoms with van der Waals surface area (Å²) >= 11 is 11.9. The highest BCUT2D eigenvalue weighted by atomic mass is 35.5. The van der Waals surface area contributed by atoms with Crippen molar-refractivity contribution >= 4 is 39.3 Å². The topological polar surface area (TPSA) is 60.9 Å². The Kier molecular flexibility index (Phi) is 6.25. The van der Waals surface area contributed by atoms with Gasteiger partial charge in [-0.2, -0.15) is 4.31 Å². The number of hydrogen-bond acceptors (Lipinski definition) is 3. The van der Waals surface area contributed by atoms with Crippen LogP contribution in [0.25, 0.3) is 0 Å². The Morgan fingerprint density at radius 3 is 2.27 bits per heavy atom. The number of amides is 2. The Balaban J connectivity index is 1.37. The average Bonchev–Trinajstić information content (AvgIpc) is 3.11. The Hall–Kier alpha value is -1.80. The van der Waals surface area contributed by atoms with Gasteiger partial charge in [0, 0.05) is 38.8 Å². The van der Waals surface area contributed by atoms with Crippen molar-refractivity contribution in [3.63, 3.8) is 0 Å². The van der Waals surface area contributed by atoms with E-state index in [-0.39, 0.29) is 22.0 Å². The highest BCUT2D eigenvalue weighted by Crippen LogP contribution is 2.29. The molecule has 30 heavy (non-hydrogen) atoms. The van der Waals surface area contributed by atoms with Gasteiger partial charge < -0.3 is 9.80 Å². The molecule has 0 saturated carbocycles. The van der Waals surface area contributed by atoms with Crippen LogP contribution in [-0.2, 0) is 16.6 Å². The molecule has 2 aliphatic rings. The van der Waals surface area contributed by atoms with E-state index in [0.29, 0.717) is 50.6 Å². The second-order valence-corrected chi connectivity index (χ2v) is 10.3. The molecule has 2 fully saturated rings. The van der Waals surface area contributed by atoms with E-state index in [4.69, 9.17) is 23.2 Å². The Labute approximate surface area is 187 Å². The maximum absolute atomic E-state index is 12.9. The Bertz CT molecular complexity index is 1030. The van der Waals surface area contributed by atoms with Gasteiger partial charge in [-0.3, -0.25) is 0 Å². The van der Waals surface area contributed by atoms with Crippen LogP contribution >= 0.6 is 23.2 Å². The SMILES string of the molecule is O=C1N(Cc2ccccc2)CCN1C1CCN(S(=O)(=O)c2ccc(Cl)c(Cl)c2)CC1. The van der Waals surface area contributed by atoms with Crippen molar-refractivity contribution in [2.24, 2.45) is 0 Å². The maximum Gasteiger partial charge on any atom is 0.320 e. The predicted molar refractivity (Wildman–Crippen MR) is 117 cm³/mol. The summed E-state index contributed by atoms with van der Waals surface area (Å²) in [6, 6.07) is 14.4. The monoisotopic (exact) mass is 467 g/mol. The van der Waals surface area contributed by atoms with Crippen LogP contribution in [0.1, 0.15) is 18.4 Å². The second-order valence-electron chi connectivity index (χ2n) is 7.59. The van der Waals surface area contributed by atoms with Gasteiger partial charge in [0.1, 0.15) is 0 Å². The van der Waals surface area contributed by atoms with Crippen LogP contribution in [0.5, 0.6) is 0 Å². The molecular weight excluding hydrogens is 445 g/mol. The largest absolute Gasteiger partial charge is 0.320 e. The summed E-state index contributed by atoms with van der Waals surface area (Å²) in [6.45, 7) is 2.71. The number of urea groups is 1. The molecule has 0 N–H and O–H groups in total. The molecule has 0 aliphatic carbocycles. The number of carbonyl (C=O) groups is 1. The summed E-state index contributed by atoms with van der Waals surface area (Å²) in [6.07, 6.45) is 1.23. The lowest BCUT2D eigenvalue weighted by Crippen LogP contribution is -2.47. The van der Waals surface area contributed by atoms with E-state index in [2.05, 4.69) is 0 Å². The van der Waals surface area contributed by atoms with Crippen LogP contribution in [0.4, 0.5) is 4.79 Å². The van der Waals surface area contributed by atoms with Crippen LogP contribution in [0.2, 0.25) is 10.0 Å². The molecule has 2 aromatic carbocycles. The number of benzene rings is 2. The molecule has 0 radical (unpaired) electrons. The molecule has 2 heterocycles. The molecular formula is C21H23Cl2N3O3S. The lowest BCUT2D eigenvalue weighted by molar-refractivity contribution is 0.153. The number of sulfonamides is 1. The lowest BCUT2D eigenvalue weighted by Gasteiger charge is -2.36. The number of halogens is 2. The van der Waals surface area contributed by atoms with Crippen LogP contribution in [0.15, 0.2) is 53.4 Å². The third-order valence-corrected chi connectivity index (χ3v) is 8.37. The summed E-state index contributed by atoms with van der Waals surface area (Å²) < 4.78 is 27.3. The minimum Gasteiger partial charge on any atom is -0.320 e. The van der Waals surface area contributed by atoms with E-state index in [1.807, 2.05) is 40.1 Å². The maximum atomic E-state index is 12.9. The first-order valence-corrected chi connectivity index (χ1v) is 12.1. The highest BCUT2D eigenvalue weighted by Gasteiger charge is 2.37. The summed E-state index contributed by atoms with van der Waals surface area (Å²) in [4.78, 5) is 16.8. The number of carbonyl (C=O) groups excluding carboxylic acids is 1. The molecule has 9 heteroatoms. The van der Waals surface area contributed by atoms with Gasteiger partial charge in [-0.1, -0.05) is 53.5 Å². The van der Waals surface area contributed by atoms with Crippen molar-refractivity contribution in [3.8, 4) is 0 Å². The molecule has 2 saturated heterocycles. The first-order chi connectivity index (χ1) is 14.4. The minimum atomic E-state index is -3.64. The zero-order valence-electron chi connectivity index (χ0n) is 16.4. The van der Waals surface area contributed by atoms with Crippen LogP contribution in [0.3, 0.4) is 0 Å². The predicted octanol–water partition coefficient (Wildman–Crippen LogP) is 4.08. The second kappa shape index (κ2) is 8.75. The smallest absolute Gasteiger partial charge is 0.320 e. The number of nitrogens with zero attached hydrogens (tertiary/aromatic N) is 3. The number of hydrogen-bond donors (Lipinski definition) is 0. The fourth-order valence-corrected chi connectivity index (χ4v) is 5.93. The quantitative estimate of drug-likeness (QED) is 0.665. The first-order valence-electron chi connectivity index (χ1n) is 9.91. The number of piperidine rings is 1. The van der Waals surface area contributed by atoms with Gasteiger partial charge in [0.05, 0.1) is 14.9 Å². The molecule has 0 unspecified atom stereocenters. The zero-order chi connectivity index (χ0) is 21.3. The Morgan fingerprint density at radius 1 is 0.900 bits per heavy atom. The molecule has 2 aromatic rings. The van der Waals surface area contributed by atoms with E-state index < -0.39 is 10.0 Å². The summed E-state index contributed by atoms with van der Waals surface area (Å²) in [7, 11) is -3.64. The first kappa shape index (κ1) is 21.4. The molecule has 160 valence electrons. The van der Waals surface area contributed by atoms with E-state index in [0.717, 1.165) is 5.56 Å². The standard InChI is InChI=1S/C21H23Cl2N3O3S/c22-19-7-6-18(14-20(19)23)30(28,29)25-10-8-17(9-11-25)26-13-12-24(21(26)27)15-16-4-2-1-3-5-16/h1-7,14,17H,8-13,15H2. The van der Waals surface area contributed by atoms with Crippen molar-refractivity contribution < 1.29 is 13.2 Å². The van der Waals surface area contributed by atoms with Gasteiger partial charge in [-0.05, 0) is 36.6 Å². The van der Waals surface area contributed by atoms with Crippen molar-refractivity contribution in [1.82, 2.24) is 14.1 Å². The van der Waals surface area contributed by atoms with Gasteiger partial charge in [-0.25, -0.2) is 13.2 Å². The molecule has 0 bridgehead atoms. The number of rotatable bonds is 5. The van der Waals surface area contributed by atoms with E-state index in [1.165, 1.54) is 22.5 Å². The molecule has 0 atom stereocenters. The Morgan fingerprint density at radius 2 is 1.60 bits per heavy atom. The third-order valence-electron chi connectivity index (χ3n) is 5.74. The van der Waals surface area contributed by atoms with Gasteiger partial charge in [0.2, 0.25) is 10.0 Å². The minimum absolute atomic E-state index is 0.0321. The molecule has 0 spiro atoms. The van der Waals surface area contributed by atoms with Crippen molar-refractivity contribution in [3.05, 3.63) is 64.1 Å². The molecule has 2 amide bonds.